The molecule has 0 aliphatic rings. The number of hydrogen-bond acceptors (Lipinski definition) is 1. The monoisotopic (exact) mass is 381 g/mol. The number of benzene rings is 2. The van der Waals surface area contributed by atoms with Crippen LogP contribution in [0.25, 0.3) is 12.2 Å². The van der Waals surface area contributed by atoms with Crippen LogP contribution in [0.2, 0.25) is 0 Å². The van der Waals surface area contributed by atoms with Crippen LogP contribution in [0.4, 0.5) is 10.1 Å². The molecule has 3 heteroatoms. The third kappa shape index (κ3) is 4.34. The van der Waals surface area contributed by atoms with E-state index in [4.69, 9.17) is 0 Å². The third-order valence-corrected chi connectivity index (χ3v) is 3.74. The lowest BCUT2D eigenvalue weighted by molar-refractivity contribution is 0.497. The zero-order chi connectivity index (χ0) is 14.4. The number of rotatable bonds is 5. The minimum absolute atomic E-state index is 0.329. The molecule has 0 amide bonds. The Hall–Kier alpha value is -1.36. The molecule has 0 aliphatic heterocycles. The third-order valence-electron chi connectivity index (χ3n) is 3.07. The first-order valence-corrected chi connectivity index (χ1v) is 7.58. The first kappa shape index (κ1) is 15.0. The normalized spacial score (nSPS) is 10.9. The van der Waals surface area contributed by atoms with Crippen molar-refractivity contribution in [2.45, 2.75) is 0 Å². The van der Waals surface area contributed by atoms with E-state index < -0.39 is 0 Å². The van der Waals surface area contributed by atoms with E-state index in [0.29, 0.717) is 6.54 Å². The first-order valence-electron chi connectivity index (χ1n) is 6.50. The molecular weight excluding hydrogens is 364 g/mol. The minimum atomic E-state index is -0.329. The molecule has 0 atom stereocenters. The average Bonchev–Trinajstić information content (AvgIpc) is 2.46. The Labute approximate surface area is 133 Å². The summed E-state index contributed by atoms with van der Waals surface area (Å²) in [6.45, 7) is 0.0996. The lowest BCUT2D eigenvalue weighted by Gasteiger charge is -2.17. The van der Waals surface area contributed by atoms with Gasteiger partial charge in [0.25, 0.3) is 0 Å². The molecule has 0 aliphatic carbocycles. The molecule has 2 aromatic carbocycles. The lowest BCUT2D eigenvalue weighted by atomic mass is 10.1. The van der Waals surface area contributed by atoms with Crippen LogP contribution < -0.4 is 4.90 Å². The molecule has 0 fully saturated rings. The smallest absolute Gasteiger partial charge is 0.107 e. The van der Waals surface area contributed by atoms with E-state index in [2.05, 4.69) is 71.1 Å². The van der Waals surface area contributed by atoms with Crippen LogP contribution in [0.1, 0.15) is 11.1 Å². The summed E-state index contributed by atoms with van der Waals surface area (Å²) < 4.78 is 13.5. The number of halogens is 2. The second-order valence-corrected chi connectivity index (χ2v) is 5.84. The summed E-state index contributed by atoms with van der Waals surface area (Å²) in [4.78, 5) is 1.91. The van der Waals surface area contributed by atoms with E-state index in [1.807, 2.05) is 24.1 Å². The number of hydrogen-bond donors (Lipinski definition) is 0. The Kier molecular flexibility index (Phi) is 5.59. The Balaban J connectivity index is 2.07. The Morgan fingerprint density at radius 2 is 1.75 bits per heavy atom. The van der Waals surface area contributed by atoms with Gasteiger partial charge in [0.2, 0.25) is 0 Å². The second kappa shape index (κ2) is 7.43. The number of nitrogens with zero attached hydrogens (tertiary/aromatic N) is 1. The Morgan fingerprint density at radius 1 is 1.05 bits per heavy atom. The molecule has 2 aromatic rings. The topological polar surface area (TPSA) is 3.24 Å². The van der Waals surface area contributed by atoms with Crippen LogP contribution in [0.5, 0.6) is 0 Å². The van der Waals surface area contributed by atoms with Gasteiger partial charge in [-0.3, -0.25) is 0 Å². The van der Waals surface area contributed by atoms with Gasteiger partial charge in [-0.05, 0) is 58.0 Å². The molecule has 0 N–H and O–H groups in total. The summed E-state index contributed by atoms with van der Waals surface area (Å²) in [5.41, 5.74) is 3.37. The number of alkyl halides is 1. The van der Waals surface area contributed by atoms with Crippen LogP contribution in [-0.2, 0) is 0 Å². The van der Waals surface area contributed by atoms with Crippen molar-refractivity contribution in [3.8, 4) is 0 Å². The van der Waals surface area contributed by atoms with Gasteiger partial charge in [0.15, 0.2) is 0 Å². The molecule has 2 rings (SSSR count). The fourth-order valence-electron chi connectivity index (χ4n) is 1.90. The van der Waals surface area contributed by atoms with Crippen molar-refractivity contribution in [1.82, 2.24) is 0 Å². The predicted octanol–water partition coefficient (Wildman–Crippen LogP) is 4.87. The highest BCUT2D eigenvalue weighted by molar-refractivity contribution is 14.1. The van der Waals surface area contributed by atoms with Crippen molar-refractivity contribution in [2.75, 3.05) is 25.2 Å². The van der Waals surface area contributed by atoms with Gasteiger partial charge < -0.3 is 4.90 Å². The van der Waals surface area contributed by atoms with Gasteiger partial charge in [-0.2, -0.15) is 0 Å². The quantitative estimate of drug-likeness (QED) is 0.528. The van der Waals surface area contributed by atoms with Gasteiger partial charge in [0, 0.05) is 22.8 Å². The SMILES string of the molecule is CN(CCF)c1ccc(/C=C/c2cccc(I)c2)cc1. The van der Waals surface area contributed by atoms with E-state index in [1.54, 1.807) is 0 Å². The fourth-order valence-corrected chi connectivity index (χ4v) is 2.47. The summed E-state index contributed by atoms with van der Waals surface area (Å²) in [6.07, 6.45) is 4.19. The molecule has 104 valence electrons. The first-order chi connectivity index (χ1) is 9.69. The van der Waals surface area contributed by atoms with Crippen LogP contribution >= 0.6 is 22.6 Å². The Bertz CT molecular complexity index is 578. The van der Waals surface area contributed by atoms with Crippen LogP contribution in [0, 0.1) is 3.57 Å². The summed E-state index contributed by atoms with van der Waals surface area (Å²) in [6, 6.07) is 16.5. The van der Waals surface area contributed by atoms with E-state index in [-0.39, 0.29) is 6.67 Å². The molecule has 0 saturated heterocycles. The summed E-state index contributed by atoms with van der Waals surface area (Å²) in [5, 5.41) is 0. The zero-order valence-corrected chi connectivity index (χ0v) is 13.5. The van der Waals surface area contributed by atoms with Crippen molar-refractivity contribution < 1.29 is 4.39 Å². The molecule has 0 spiro atoms. The van der Waals surface area contributed by atoms with Crippen LogP contribution in [0.15, 0.2) is 48.5 Å². The summed E-state index contributed by atoms with van der Waals surface area (Å²) in [5.74, 6) is 0. The van der Waals surface area contributed by atoms with E-state index >= 15 is 0 Å². The van der Waals surface area contributed by atoms with Crippen molar-refractivity contribution in [1.29, 1.82) is 0 Å². The average molecular weight is 381 g/mol. The van der Waals surface area contributed by atoms with E-state index in [1.165, 1.54) is 9.13 Å². The highest BCUT2D eigenvalue weighted by Gasteiger charge is 1.99. The van der Waals surface area contributed by atoms with Gasteiger partial charge in [-0.25, -0.2) is 4.39 Å². The van der Waals surface area contributed by atoms with E-state index in [0.717, 1.165) is 11.3 Å². The molecular formula is C17H17FIN. The van der Waals surface area contributed by atoms with Gasteiger partial charge in [-0.15, -0.1) is 0 Å². The van der Waals surface area contributed by atoms with Crippen LogP contribution in [0.3, 0.4) is 0 Å². The maximum Gasteiger partial charge on any atom is 0.107 e. The fraction of sp³-hybridized carbons (Fsp3) is 0.176. The van der Waals surface area contributed by atoms with Gasteiger partial charge in [0.1, 0.15) is 6.67 Å². The molecule has 0 radical (unpaired) electrons. The highest BCUT2D eigenvalue weighted by Crippen LogP contribution is 2.16. The highest BCUT2D eigenvalue weighted by atomic mass is 127. The molecule has 0 aromatic heterocycles. The standard InChI is InChI=1S/C17H17FIN/c1-20(12-11-18)17-9-7-14(8-10-17)5-6-15-3-2-4-16(19)13-15/h2-10,13H,11-12H2,1H3/b6-5+. The van der Waals surface area contributed by atoms with Crippen LogP contribution in [-0.4, -0.2) is 20.3 Å². The van der Waals surface area contributed by atoms with Crippen molar-refractivity contribution in [3.63, 3.8) is 0 Å². The van der Waals surface area contributed by atoms with Gasteiger partial charge >= 0.3 is 0 Å². The van der Waals surface area contributed by atoms with Gasteiger partial charge in [0.05, 0.1) is 0 Å². The molecule has 0 unspecified atom stereocenters. The minimum Gasteiger partial charge on any atom is -0.372 e. The van der Waals surface area contributed by atoms with Crippen molar-refractivity contribution >= 4 is 40.4 Å². The zero-order valence-electron chi connectivity index (χ0n) is 11.4. The van der Waals surface area contributed by atoms with Crippen molar-refractivity contribution in [3.05, 3.63) is 63.2 Å². The lowest BCUT2D eigenvalue weighted by Crippen LogP contribution is -2.19. The maximum atomic E-state index is 12.3. The molecule has 0 saturated carbocycles. The second-order valence-electron chi connectivity index (χ2n) is 4.59. The van der Waals surface area contributed by atoms with E-state index in [9.17, 15) is 4.39 Å². The Morgan fingerprint density at radius 3 is 2.40 bits per heavy atom. The van der Waals surface area contributed by atoms with Crippen molar-refractivity contribution in [2.24, 2.45) is 0 Å². The summed E-state index contributed by atoms with van der Waals surface area (Å²) >= 11 is 2.31. The molecule has 0 bridgehead atoms. The maximum absolute atomic E-state index is 12.3. The largest absolute Gasteiger partial charge is 0.372 e. The molecule has 1 nitrogen and oxygen atoms in total. The summed E-state index contributed by atoms with van der Waals surface area (Å²) in [7, 11) is 1.90. The van der Waals surface area contributed by atoms with Gasteiger partial charge in [-0.1, -0.05) is 36.4 Å². The molecule has 0 heterocycles. The molecule has 20 heavy (non-hydrogen) atoms. The number of anilines is 1. The predicted molar refractivity (Wildman–Crippen MR) is 93.8 cm³/mol.